The van der Waals surface area contributed by atoms with Gasteiger partial charge in [0.25, 0.3) is 0 Å². The Balaban J connectivity index is 1.86. The molecule has 0 aliphatic carbocycles. The van der Waals surface area contributed by atoms with Crippen LogP contribution in [0.2, 0.25) is 0 Å². The third kappa shape index (κ3) is 5.83. The average Bonchev–Trinajstić information content (AvgIpc) is 2.79. The van der Waals surface area contributed by atoms with Crippen molar-refractivity contribution in [2.45, 2.75) is 63.3 Å². The molecule has 0 spiro atoms. The second-order valence-corrected chi connectivity index (χ2v) is 9.65. The van der Waals surface area contributed by atoms with Crippen molar-refractivity contribution in [3.63, 3.8) is 0 Å². The predicted octanol–water partition coefficient (Wildman–Crippen LogP) is 5.72. The van der Waals surface area contributed by atoms with E-state index in [2.05, 4.69) is 92.2 Å². The van der Waals surface area contributed by atoms with Crippen molar-refractivity contribution < 1.29 is 4.79 Å². The van der Waals surface area contributed by atoms with E-state index in [1.54, 1.807) is 0 Å². The first kappa shape index (κ1) is 23.7. The molecule has 1 aliphatic heterocycles. The van der Waals surface area contributed by atoms with Crippen LogP contribution < -0.4 is 10.2 Å². The largest absolute Gasteiger partial charge is 0.356 e. The van der Waals surface area contributed by atoms with Gasteiger partial charge in [0.2, 0.25) is 5.91 Å². The normalized spacial score (nSPS) is 14.7. The first-order valence-electron chi connectivity index (χ1n) is 11.6. The molecule has 0 bridgehead atoms. The number of likely N-dealkylation sites (N-methyl/N-ethyl adjacent to an activating group) is 1. The van der Waals surface area contributed by atoms with Crippen LogP contribution in [-0.4, -0.2) is 43.0 Å². The van der Waals surface area contributed by atoms with Crippen LogP contribution in [0.1, 0.15) is 46.6 Å². The lowest BCUT2D eigenvalue weighted by atomic mass is 10.1. The van der Waals surface area contributed by atoms with Gasteiger partial charge in [0.15, 0.2) is 0 Å². The van der Waals surface area contributed by atoms with Gasteiger partial charge in [-0.1, -0.05) is 64.1 Å². The zero-order chi connectivity index (χ0) is 22.4. The zero-order valence-corrected chi connectivity index (χ0v) is 20.5. The predicted molar refractivity (Wildman–Crippen MR) is 133 cm³/mol. The lowest BCUT2D eigenvalue weighted by Crippen LogP contribution is -2.41. The van der Waals surface area contributed by atoms with Gasteiger partial charge >= 0.3 is 0 Å². The van der Waals surface area contributed by atoms with Gasteiger partial charge in [-0.05, 0) is 55.8 Å². The van der Waals surface area contributed by atoms with Crippen molar-refractivity contribution in [2.24, 2.45) is 5.92 Å². The molecule has 0 radical (unpaired) electrons. The highest BCUT2D eigenvalue weighted by Gasteiger charge is 2.28. The van der Waals surface area contributed by atoms with Gasteiger partial charge in [-0.15, -0.1) is 0 Å². The second-order valence-electron chi connectivity index (χ2n) is 8.57. The Kier molecular flexibility index (Phi) is 8.44. The maximum absolute atomic E-state index is 12.5. The fourth-order valence-corrected chi connectivity index (χ4v) is 5.08. The number of carbonyl (C=O) groups excluding carboxylic acids is 1. The van der Waals surface area contributed by atoms with Crippen LogP contribution in [0.15, 0.2) is 52.3 Å². The van der Waals surface area contributed by atoms with Crippen molar-refractivity contribution >= 4 is 29.0 Å². The van der Waals surface area contributed by atoms with Gasteiger partial charge in [0.05, 0.1) is 17.8 Å². The molecule has 1 heterocycles. The zero-order valence-electron chi connectivity index (χ0n) is 19.6. The highest BCUT2D eigenvalue weighted by molar-refractivity contribution is 7.99. The molecule has 2 atom stereocenters. The monoisotopic (exact) mass is 439 g/mol. The lowest BCUT2D eigenvalue weighted by Gasteiger charge is -2.39. The van der Waals surface area contributed by atoms with Crippen molar-refractivity contribution in [3.05, 3.63) is 48.0 Å². The van der Waals surface area contributed by atoms with Gasteiger partial charge in [-0.25, -0.2) is 0 Å². The average molecular weight is 440 g/mol. The van der Waals surface area contributed by atoms with E-state index >= 15 is 0 Å². The Hall–Kier alpha value is -1.98. The van der Waals surface area contributed by atoms with Crippen molar-refractivity contribution in [2.75, 3.05) is 31.1 Å². The molecule has 0 fully saturated rings. The minimum atomic E-state index is 0.104. The molecule has 0 aromatic heterocycles. The Morgan fingerprint density at radius 3 is 2.45 bits per heavy atom. The molecule has 2 aromatic rings. The second kappa shape index (κ2) is 11.1. The number of nitrogens with zero attached hydrogens (tertiary/aromatic N) is 2. The van der Waals surface area contributed by atoms with E-state index in [9.17, 15) is 4.79 Å². The third-order valence-electron chi connectivity index (χ3n) is 6.19. The number of carbonyl (C=O) groups is 1. The molecule has 0 saturated heterocycles. The quantitative estimate of drug-likeness (QED) is 0.513. The summed E-state index contributed by atoms with van der Waals surface area (Å²) in [6, 6.07) is 15.5. The van der Waals surface area contributed by atoms with Crippen LogP contribution in [-0.2, 0) is 11.2 Å². The van der Waals surface area contributed by atoms with E-state index in [4.69, 9.17) is 0 Å². The summed E-state index contributed by atoms with van der Waals surface area (Å²) in [7, 11) is 0. The first-order chi connectivity index (χ1) is 15.0. The molecular formula is C26H37N3OS. The smallest absolute Gasteiger partial charge is 0.224 e. The van der Waals surface area contributed by atoms with E-state index in [0.29, 0.717) is 18.4 Å². The van der Waals surface area contributed by atoms with Crippen LogP contribution in [0.5, 0.6) is 0 Å². The minimum Gasteiger partial charge on any atom is -0.356 e. The number of para-hydroxylation sites is 1. The fraction of sp³-hybridized carbons (Fsp3) is 0.500. The summed E-state index contributed by atoms with van der Waals surface area (Å²) >= 11 is 1.82. The number of benzene rings is 2. The van der Waals surface area contributed by atoms with Crippen LogP contribution in [0.25, 0.3) is 0 Å². The molecule has 168 valence electrons. The first-order valence-corrected chi connectivity index (χ1v) is 12.5. The summed E-state index contributed by atoms with van der Waals surface area (Å²) in [6.07, 6.45) is 1.50. The Bertz CT molecular complexity index is 881. The summed E-state index contributed by atoms with van der Waals surface area (Å²) in [5.41, 5.74) is 3.55. The summed E-state index contributed by atoms with van der Waals surface area (Å²) in [6.45, 7) is 14.9. The summed E-state index contributed by atoms with van der Waals surface area (Å²) in [5.74, 6) is 0.614. The molecule has 1 aliphatic rings. The number of anilines is 2. The molecule has 2 aromatic carbocycles. The molecule has 5 heteroatoms. The summed E-state index contributed by atoms with van der Waals surface area (Å²) in [4.78, 5) is 20.0. The number of amides is 1. The number of hydrogen-bond donors (Lipinski definition) is 1. The summed E-state index contributed by atoms with van der Waals surface area (Å²) in [5, 5.41) is 3.09. The van der Waals surface area contributed by atoms with Gasteiger partial charge in [0, 0.05) is 28.9 Å². The molecule has 0 saturated carbocycles. The molecular weight excluding hydrogens is 402 g/mol. The number of nitrogens with one attached hydrogen (secondary N) is 1. The van der Waals surface area contributed by atoms with Gasteiger partial charge in [-0.2, -0.15) is 0 Å². The van der Waals surface area contributed by atoms with E-state index in [0.717, 1.165) is 38.2 Å². The molecule has 4 nitrogen and oxygen atoms in total. The number of rotatable bonds is 10. The SMILES string of the molecule is CCC(C)CNC(=O)Cc1ccc2c(c1)N(C(C)CN(CC)CC)c1ccccc1S2. The Morgan fingerprint density at radius 2 is 1.74 bits per heavy atom. The third-order valence-corrected chi connectivity index (χ3v) is 7.32. The van der Waals surface area contributed by atoms with E-state index in [-0.39, 0.29) is 5.91 Å². The lowest BCUT2D eigenvalue weighted by molar-refractivity contribution is -0.120. The highest BCUT2D eigenvalue weighted by atomic mass is 32.2. The van der Waals surface area contributed by atoms with Crippen LogP contribution in [0.4, 0.5) is 11.4 Å². The van der Waals surface area contributed by atoms with E-state index in [1.807, 2.05) is 11.8 Å². The van der Waals surface area contributed by atoms with Gasteiger partial charge in [0.1, 0.15) is 0 Å². The minimum absolute atomic E-state index is 0.104. The maximum atomic E-state index is 12.5. The molecule has 1 amide bonds. The van der Waals surface area contributed by atoms with Crippen LogP contribution in [0.3, 0.4) is 0 Å². The van der Waals surface area contributed by atoms with Crippen LogP contribution in [0, 0.1) is 5.92 Å². The standard InChI is InChI=1S/C26H37N3OS/c1-6-19(4)17-27-26(30)16-21-13-14-25-23(15-21)29(20(5)18-28(7-2)8-3)22-11-9-10-12-24(22)31-25/h9-15,19-20H,6-8,16-18H2,1-5H3,(H,27,30). The molecule has 31 heavy (non-hydrogen) atoms. The molecule has 3 rings (SSSR count). The van der Waals surface area contributed by atoms with Gasteiger partial charge < -0.3 is 15.1 Å². The van der Waals surface area contributed by atoms with Crippen molar-refractivity contribution in [1.82, 2.24) is 10.2 Å². The summed E-state index contributed by atoms with van der Waals surface area (Å²) < 4.78 is 0. The van der Waals surface area contributed by atoms with E-state index < -0.39 is 0 Å². The number of fused-ring (bicyclic) bond motifs is 2. The molecule has 1 N–H and O–H groups in total. The Morgan fingerprint density at radius 1 is 1.03 bits per heavy atom. The highest BCUT2D eigenvalue weighted by Crippen LogP contribution is 2.49. The topological polar surface area (TPSA) is 35.6 Å². The van der Waals surface area contributed by atoms with Crippen molar-refractivity contribution in [3.8, 4) is 0 Å². The van der Waals surface area contributed by atoms with Gasteiger partial charge in [-0.3, -0.25) is 4.79 Å². The van der Waals surface area contributed by atoms with Crippen LogP contribution >= 0.6 is 11.8 Å². The Labute approximate surface area is 192 Å². The molecule has 2 unspecified atom stereocenters. The van der Waals surface area contributed by atoms with E-state index in [1.165, 1.54) is 21.2 Å². The maximum Gasteiger partial charge on any atom is 0.224 e. The number of hydrogen-bond acceptors (Lipinski definition) is 4. The van der Waals surface area contributed by atoms with Crippen molar-refractivity contribution in [1.29, 1.82) is 0 Å². The fourth-order valence-electron chi connectivity index (χ4n) is 4.03.